The third kappa shape index (κ3) is 4.54. The number of aliphatic hydroxyl groups excluding tert-OH is 1. The molecule has 0 aliphatic carbocycles. The van der Waals surface area contributed by atoms with Crippen molar-refractivity contribution in [2.45, 2.75) is 12.5 Å². The number of rotatable bonds is 4. The molecular weight excluding hydrogens is 288 g/mol. The first-order chi connectivity index (χ1) is 6.37. The normalized spacial score (nSPS) is 14.2. The zero-order valence-corrected chi connectivity index (χ0v) is 10.8. The SMILES string of the molecule is CS(=O)(=O)CC(O)Cc1cc(Br)cs1. The second-order valence-corrected chi connectivity index (χ2v) is 7.28. The average Bonchev–Trinajstić information content (AvgIpc) is 2.30. The van der Waals surface area contributed by atoms with Crippen molar-refractivity contribution in [2.75, 3.05) is 12.0 Å². The first-order valence-corrected chi connectivity index (χ1v) is 7.69. The molecular formula is C8H11BrO3S2. The summed E-state index contributed by atoms with van der Waals surface area (Å²) < 4.78 is 22.7. The van der Waals surface area contributed by atoms with Crippen LogP contribution in [0.25, 0.3) is 0 Å². The fourth-order valence-corrected chi connectivity index (χ4v) is 3.44. The molecule has 1 heterocycles. The van der Waals surface area contributed by atoms with Gasteiger partial charge in [-0.15, -0.1) is 11.3 Å². The predicted molar refractivity (Wildman–Crippen MR) is 61.4 cm³/mol. The molecule has 0 saturated heterocycles. The van der Waals surface area contributed by atoms with Crippen LogP contribution in [0.4, 0.5) is 0 Å². The zero-order chi connectivity index (χ0) is 10.8. The summed E-state index contributed by atoms with van der Waals surface area (Å²) in [4.78, 5) is 0.980. The molecule has 0 saturated carbocycles. The van der Waals surface area contributed by atoms with Crippen LogP contribution in [0.5, 0.6) is 0 Å². The maximum atomic E-state index is 10.9. The number of halogens is 1. The van der Waals surface area contributed by atoms with Gasteiger partial charge in [-0.05, 0) is 22.0 Å². The molecule has 1 atom stereocenters. The van der Waals surface area contributed by atoms with Gasteiger partial charge in [-0.25, -0.2) is 8.42 Å². The second-order valence-electron chi connectivity index (χ2n) is 3.18. The zero-order valence-electron chi connectivity index (χ0n) is 7.60. The van der Waals surface area contributed by atoms with Gasteiger partial charge in [-0.1, -0.05) is 0 Å². The molecule has 1 unspecified atom stereocenters. The first-order valence-electron chi connectivity index (χ1n) is 3.95. The highest BCUT2D eigenvalue weighted by Gasteiger charge is 2.13. The Kier molecular flexibility index (Phi) is 4.12. The Bertz CT molecular complexity index is 396. The van der Waals surface area contributed by atoms with Crippen molar-refractivity contribution in [1.82, 2.24) is 0 Å². The molecule has 0 aliphatic rings. The van der Waals surface area contributed by atoms with Crippen LogP contribution in [0.15, 0.2) is 15.9 Å². The van der Waals surface area contributed by atoms with Crippen molar-refractivity contribution in [1.29, 1.82) is 0 Å². The summed E-state index contributed by atoms with van der Waals surface area (Å²) in [7, 11) is -3.09. The molecule has 0 radical (unpaired) electrons. The summed E-state index contributed by atoms with van der Waals surface area (Å²) in [5.74, 6) is -0.178. The first kappa shape index (κ1) is 12.2. The fraction of sp³-hybridized carbons (Fsp3) is 0.500. The average molecular weight is 299 g/mol. The van der Waals surface area contributed by atoms with Crippen LogP contribution in [0.1, 0.15) is 4.88 Å². The molecule has 0 aromatic carbocycles. The molecule has 1 rings (SSSR count). The van der Waals surface area contributed by atoms with Crippen molar-refractivity contribution < 1.29 is 13.5 Å². The highest BCUT2D eigenvalue weighted by molar-refractivity contribution is 9.10. The van der Waals surface area contributed by atoms with Gasteiger partial charge in [0, 0.05) is 27.4 Å². The lowest BCUT2D eigenvalue weighted by Gasteiger charge is -2.06. The highest BCUT2D eigenvalue weighted by atomic mass is 79.9. The van der Waals surface area contributed by atoms with E-state index in [2.05, 4.69) is 15.9 Å². The van der Waals surface area contributed by atoms with Crippen molar-refractivity contribution in [2.24, 2.45) is 0 Å². The van der Waals surface area contributed by atoms with Gasteiger partial charge in [0.25, 0.3) is 0 Å². The van der Waals surface area contributed by atoms with Crippen LogP contribution >= 0.6 is 27.3 Å². The van der Waals surface area contributed by atoms with Gasteiger partial charge in [0.15, 0.2) is 0 Å². The molecule has 1 aromatic heterocycles. The van der Waals surface area contributed by atoms with Crippen LogP contribution in [-0.2, 0) is 16.3 Å². The minimum absolute atomic E-state index is 0.178. The van der Waals surface area contributed by atoms with Gasteiger partial charge in [0.1, 0.15) is 9.84 Å². The summed E-state index contributed by atoms with van der Waals surface area (Å²) in [6.45, 7) is 0. The molecule has 80 valence electrons. The summed E-state index contributed by atoms with van der Waals surface area (Å²) in [5.41, 5.74) is 0. The summed E-state index contributed by atoms with van der Waals surface area (Å²) in [6, 6.07) is 1.89. The molecule has 0 bridgehead atoms. The Morgan fingerprint density at radius 1 is 1.64 bits per heavy atom. The predicted octanol–water partition coefficient (Wildman–Crippen LogP) is 1.46. The summed E-state index contributed by atoms with van der Waals surface area (Å²) in [5, 5.41) is 11.4. The van der Waals surface area contributed by atoms with Crippen molar-refractivity contribution >= 4 is 37.1 Å². The van der Waals surface area contributed by atoms with E-state index in [-0.39, 0.29) is 5.75 Å². The Morgan fingerprint density at radius 2 is 2.29 bits per heavy atom. The number of aliphatic hydroxyl groups is 1. The smallest absolute Gasteiger partial charge is 0.150 e. The molecule has 1 N–H and O–H groups in total. The van der Waals surface area contributed by atoms with E-state index >= 15 is 0 Å². The Balaban J connectivity index is 2.53. The minimum Gasteiger partial charge on any atom is -0.392 e. The lowest BCUT2D eigenvalue weighted by atomic mass is 10.2. The molecule has 14 heavy (non-hydrogen) atoms. The molecule has 3 nitrogen and oxygen atoms in total. The fourth-order valence-electron chi connectivity index (χ4n) is 1.10. The van der Waals surface area contributed by atoms with E-state index in [0.29, 0.717) is 6.42 Å². The maximum absolute atomic E-state index is 10.9. The number of hydrogen-bond acceptors (Lipinski definition) is 4. The standard InChI is InChI=1S/C8H11BrO3S2/c1-14(11,12)5-7(10)3-8-2-6(9)4-13-8/h2,4,7,10H,3,5H2,1H3. The van der Waals surface area contributed by atoms with E-state index in [4.69, 9.17) is 0 Å². The molecule has 0 amide bonds. The van der Waals surface area contributed by atoms with Crippen LogP contribution in [0.2, 0.25) is 0 Å². The van der Waals surface area contributed by atoms with Crippen LogP contribution in [0, 0.1) is 0 Å². The van der Waals surface area contributed by atoms with E-state index in [9.17, 15) is 13.5 Å². The summed E-state index contributed by atoms with van der Waals surface area (Å²) in [6.07, 6.45) is 0.708. The van der Waals surface area contributed by atoms with E-state index < -0.39 is 15.9 Å². The van der Waals surface area contributed by atoms with E-state index in [1.807, 2.05) is 11.4 Å². The lowest BCUT2D eigenvalue weighted by Crippen LogP contribution is -2.21. The maximum Gasteiger partial charge on any atom is 0.150 e. The van der Waals surface area contributed by atoms with E-state index in [1.165, 1.54) is 11.3 Å². The number of hydrogen-bond donors (Lipinski definition) is 1. The Morgan fingerprint density at radius 3 is 2.71 bits per heavy atom. The molecule has 1 aromatic rings. The third-order valence-corrected chi connectivity index (χ3v) is 4.26. The molecule has 6 heteroatoms. The van der Waals surface area contributed by atoms with Crippen molar-refractivity contribution in [3.8, 4) is 0 Å². The van der Waals surface area contributed by atoms with Gasteiger partial charge in [-0.2, -0.15) is 0 Å². The van der Waals surface area contributed by atoms with Gasteiger partial charge in [-0.3, -0.25) is 0 Å². The summed E-state index contributed by atoms with van der Waals surface area (Å²) >= 11 is 4.80. The quantitative estimate of drug-likeness (QED) is 0.916. The third-order valence-electron chi connectivity index (χ3n) is 1.55. The van der Waals surface area contributed by atoms with Gasteiger partial charge < -0.3 is 5.11 Å². The molecule has 0 spiro atoms. The highest BCUT2D eigenvalue weighted by Crippen LogP contribution is 2.21. The molecule has 0 aliphatic heterocycles. The van der Waals surface area contributed by atoms with Crippen LogP contribution in [-0.4, -0.2) is 31.6 Å². The van der Waals surface area contributed by atoms with Crippen LogP contribution < -0.4 is 0 Å². The van der Waals surface area contributed by atoms with E-state index in [1.54, 1.807) is 0 Å². The monoisotopic (exact) mass is 298 g/mol. The largest absolute Gasteiger partial charge is 0.392 e. The Labute approximate surface area is 95.8 Å². The molecule has 0 fully saturated rings. The van der Waals surface area contributed by atoms with Gasteiger partial charge in [0.05, 0.1) is 11.9 Å². The minimum atomic E-state index is -3.09. The lowest BCUT2D eigenvalue weighted by molar-refractivity contribution is 0.199. The van der Waals surface area contributed by atoms with Crippen LogP contribution in [0.3, 0.4) is 0 Å². The van der Waals surface area contributed by atoms with Crippen molar-refractivity contribution in [3.63, 3.8) is 0 Å². The van der Waals surface area contributed by atoms with Gasteiger partial charge >= 0.3 is 0 Å². The van der Waals surface area contributed by atoms with E-state index in [0.717, 1.165) is 15.6 Å². The topological polar surface area (TPSA) is 54.4 Å². The number of sulfone groups is 1. The second kappa shape index (κ2) is 4.74. The Hall–Kier alpha value is 0.0900. The van der Waals surface area contributed by atoms with Crippen molar-refractivity contribution in [3.05, 3.63) is 20.8 Å². The van der Waals surface area contributed by atoms with Gasteiger partial charge in [0.2, 0.25) is 0 Å². The number of thiophene rings is 1.